The van der Waals surface area contributed by atoms with E-state index in [1.807, 2.05) is 0 Å². The Morgan fingerprint density at radius 3 is 1.25 bits per heavy atom. The smallest absolute Gasteiger partial charge is 0.306 e. The van der Waals surface area contributed by atoms with Gasteiger partial charge in [-0.05, 0) is 70.6 Å². The van der Waals surface area contributed by atoms with Crippen LogP contribution in [0.1, 0.15) is 258 Å². The lowest BCUT2D eigenvalue weighted by Crippen LogP contribution is -2.59. The molecule has 0 aromatic carbocycles. The maximum absolute atomic E-state index is 12.8. The van der Waals surface area contributed by atoms with Gasteiger partial charge in [0.05, 0.1) is 13.2 Å². The summed E-state index contributed by atoms with van der Waals surface area (Å²) in [7, 11) is 0. The van der Waals surface area contributed by atoms with Crippen molar-refractivity contribution in [2.75, 3.05) is 19.8 Å². The molecule has 0 saturated carbocycles. The average molecular weight is 949 g/mol. The van der Waals surface area contributed by atoms with Crippen LogP contribution in [0.3, 0.4) is 0 Å². The minimum atomic E-state index is -1.60. The summed E-state index contributed by atoms with van der Waals surface area (Å²) in [5, 5.41) is 40.3. The maximum Gasteiger partial charge on any atom is 0.306 e. The SMILES string of the molecule is CCCCCCCC/C=C/CCCCCCCCCCCC(=O)OC[C@H](CO[C@@H]1O[C@H](CO)[C@H](O)C(O)C1O)OC(=O)CCC/C=C/CC/C=C/CCCCCCCCCCCCCCCC. The van der Waals surface area contributed by atoms with Gasteiger partial charge >= 0.3 is 11.9 Å². The lowest BCUT2D eigenvalue weighted by molar-refractivity contribution is -0.305. The summed E-state index contributed by atoms with van der Waals surface area (Å²) in [6, 6.07) is 0. The van der Waals surface area contributed by atoms with Crippen molar-refractivity contribution in [3.05, 3.63) is 36.5 Å². The van der Waals surface area contributed by atoms with Crippen LogP contribution in [-0.2, 0) is 28.5 Å². The third-order valence-electron chi connectivity index (χ3n) is 13.0. The monoisotopic (exact) mass is 949 g/mol. The second-order valence-electron chi connectivity index (χ2n) is 19.4. The second-order valence-corrected chi connectivity index (χ2v) is 19.4. The van der Waals surface area contributed by atoms with Gasteiger partial charge in [-0.2, -0.15) is 0 Å². The summed E-state index contributed by atoms with van der Waals surface area (Å²) >= 11 is 0. The Bertz CT molecular complexity index is 1190. The number of ether oxygens (including phenoxy) is 4. The van der Waals surface area contributed by atoms with Gasteiger partial charge in [0.25, 0.3) is 0 Å². The quantitative estimate of drug-likeness (QED) is 0.0263. The van der Waals surface area contributed by atoms with E-state index in [0.29, 0.717) is 6.42 Å². The van der Waals surface area contributed by atoms with E-state index >= 15 is 0 Å². The normalized spacial score (nSPS) is 19.3. The number of aliphatic hydroxyl groups excluding tert-OH is 4. The first-order valence-electron chi connectivity index (χ1n) is 28.1. The Hall–Kier alpha value is -2.08. The van der Waals surface area contributed by atoms with Crippen LogP contribution in [0.15, 0.2) is 36.5 Å². The molecular formula is C57H104O10. The number of rotatable bonds is 48. The molecule has 392 valence electrons. The number of hydrogen-bond donors (Lipinski definition) is 4. The summed E-state index contributed by atoms with van der Waals surface area (Å²) in [6.45, 7) is 3.43. The van der Waals surface area contributed by atoms with E-state index in [4.69, 9.17) is 18.9 Å². The minimum Gasteiger partial charge on any atom is -0.462 e. The first-order chi connectivity index (χ1) is 32.8. The summed E-state index contributed by atoms with van der Waals surface area (Å²) in [6.07, 6.45) is 50.3. The Labute approximate surface area is 410 Å². The van der Waals surface area contributed by atoms with Crippen molar-refractivity contribution in [1.29, 1.82) is 0 Å². The summed E-state index contributed by atoms with van der Waals surface area (Å²) < 4.78 is 22.2. The molecule has 10 nitrogen and oxygen atoms in total. The van der Waals surface area contributed by atoms with E-state index in [-0.39, 0.29) is 32.0 Å². The van der Waals surface area contributed by atoms with Crippen LogP contribution < -0.4 is 0 Å². The lowest BCUT2D eigenvalue weighted by Gasteiger charge is -2.39. The average Bonchev–Trinajstić information content (AvgIpc) is 3.33. The molecule has 1 aliphatic heterocycles. The molecule has 1 rings (SSSR count). The highest BCUT2D eigenvalue weighted by atomic mass is 16.7. The van der Waals surface area contributed by atoms with Crippen LogP contribution >= 0.6 is 0 Å². The highest BCUT2D eigenvalue weighted by Gasteiger charge is 2.44. The van der Waals surface area contributed by atoms with Crippen molar-refractivity contribution in [1.82, 2.24) is 0 Å². The van der Waals surface area contributed by atoms with Gasteiger partial charge in [0.15, 0.2) is 12.4 Å². The third kappa shape index (κ3) is 38.4. The van der Waals surface area contributed by atoms with Crippen molar-refractivity contribution < 1.29 is 49.0 Å². The minimum absolute atomic E-state index is 0.171. The standard InChI is InChI=1S/C57H104O10/c1-3-5-7-9-11-13-15-17-19-21-23-24-25-26-28-30-32-34-36-38-40-42-44-46-53(60)66-50(49-65-57-56(63)55(62)54(61)51(47-58)67-57)48-64-52(59)45-43-41-39-37-35-33-31-29-27-22-20-18-16-14-12-10-8-6-4-2/h18,20,30,32,38,40,50-51,54-58,61-63H,3-17,19,21-29,31,33-37,39,41-49H2,1-2H3/b20-18+,32-30+,40-38+/t50-,51-,54+,55?,56?,57-/m1/s1. The number of allylic oxidation sites excluding steroid dienone is 6. The van der Waals surface area contributed by atoms with Crippen molar-refractivity contribution in [3.8, 4) is 0 Å². The largest absolute Gasteiger partial charge is 0.462 e. The van der Waals surface area contributed by atoms with Crippen LogP contribution in [0.5, 0.6) is 0 Å². The molecule has 1 heterocycles. The molecule has 1 fully saturated rings. The molecule has 67 heavy (non-hydrogen) atoms. The Morgan fingerprint density at radius 2 is 0.821 bits per heavy atom. The van der Waals surface area contributed by atoms with E-state index in [2.05, 4.69) is 50.3 Å². The fourth-order valence-electron chi connectivity index (χ4n) is 8.56. The van der Waals surface area contributed by atoms with Crippen LogP contribution in [0.25, 0.3) is 0 Å². The van der Waals surface area contributed by atoms with Crippen LogP contribution in [0, 0.1) is 0 Å². The van der Waals surface area contributed by atoms with Crippen LogP contribution in [0.4, 0.5) is 0 Å². The van der Waals surface area contributed by atoms with Gasteiger partial charge in [-0.15, -0.1) is 0 Å². The van der Waals surface area contributed by atoms with E-state index in [9.17, 15) is 30.0 Å². The zero-order chi connectivity index (χ0) is 48.7. The molecule has 0 spiro atoms. The maximum atomic E-state index is 12.8. The number of esters is 2. The fourth-order valence-corrected chi connectivity index (χ4v) is 8.56. The molecule has 4 N–H and O–H groups in total. The van der Waals surface area contributed by atoms with Crippen molar-refractivity contribution in [2.45, 2.75) is 295 Å². The Morgan fingerprint density at radius 1 is 0.448 bits per heavy atom. The predicted molar refractivity (Wildman–Crippen MR) is 275 cm³/mol. The molecule has 10 heteroatoms. The molecule has 0 aliphatic carbocycles. The molecule has 0 aromatic rings. The van der Waals surface area contributed by atoms with E-state index in [1.54, 1.807) is 0 Å². The lowest BCUT2D eigenvalue weighted by atomic mass is 9.99. The first-order valence-corrected chi connectivity index (χ1v) is 28.1. The van der Waals surface area contributed by atoms with Gasteiger partial charge < -0.3 is 39.4 Å². The highest BCUT2D eigenvalue weighted by Crippen LogP contribution is 2.23. The third-order valence-corrected chi connectivity index (χ3v) is 13.0. The number of hydrogen-bond acceptors (Lipinski definition) is 10. The highest BCUT2D eigenvalue weighted by molar-refractivity contribution is 5.70. The molecule has 6 atom stereocenters. The van der Waals surface area contributed by atoms with E-state index < -0.39 is 49.4 Å². The zero-order valence-electron chi connectivity index (χ0n) is 43.2. The van der Waals surface area contributed by atoms with E-state index in [1.165, 1.54) is 173 Å². The Balaban J connectivity index is 2.25. The summed E-state index contributed by atoms with van der Waals surface area (Å²) in [5.41, 5.74) is 0. The van der Waals surface area contributed by atoms with Crippen molar-refractivity contribution in [2.24, 2.45) is 0 Å². The zero-order valence-corrected chi connectivity index (χ0v) is 43.2. The first kappa shape index (κ1) is 62.9. The Kier molecular flexibility index (Phi) is 44.7. The summed E-state index contributed by atoms with van der Waals surface area (Å²) in [5.74, 6) is -0.848. The van der Waals surface area contributed by atoms with Crippen LogP contribution in [-0.4, -0.2) is 89.0 Å². The van der Waals surface area contributed by atoms with Crippen molar-refractivity contribution >= 4 is 11.9 Å². The molecule has 0 bridgehead atoms. The summed E-state index contributed by atoms with van der Waals surface area (Å²) in [4.78, 5) is 25.5. The van der Waals surface area contributed by atoms with Crippen LogP contribution in [0.2, 0.25) is 0 Å². The molecule has 1 aliphatic rings. The van der Waals surface area contributed by atoms with Gasteiger partial charge in [-0.25, -0.2) is 0 Å². The second kappa shape index (κ2) is 47.6. The predicted octanol–water partition coefficient (Wildman–Crippen LogP) is 13.8. The molecule has 0 radical (unpaired) electrons. The fraction of sp³-hybridized carbons (Fsp3) is 0.860. The van der Waals surface area contributed by atoms with Gasteiger partial charge in [-0.1, -0.05) is 211 Å². The van der Waals surface area contributed by atoms with Crippen molar-refractivity contribution in [3.63, 3.8) is 0 Å². The van der Waals surface area contributed by atoms with Gasteiger partial charge in [-0.3, -0.25) is 9.59 Å². The number of unbranched alkanes of at least 4 members (excludes halogenated alkanes) is 31. The van der Waals surface area contributed by atoms with E-state index in [0.717, 1.165) is 51.4 Å². The topological polar surface area (TPSA) is 152 Å². The van der Waals surface area contributed by atoms with Gasteiger partial charge in [0, 0.05) is 12.8 Å². The van der Waals surface area contributed by atoms with Gasteiger partial charge in [0.2, 0.25) is 0 Å². The van der Waals surface area contributed by atoms with Gasteiger partial charge in [0.1, 0.15) is 31.0 Å². The number of aliphatic hydroxyl groups is 4. The molecule has 2 unspecified atom stereocenters. The molecule has 1 saturated heterocycles. The number of carbonyl (C=O) groups excluding carboxylic acids is 2. The molecule has 0 amide bonds. The number of carbonyl (C=O) groups is 2. The molecular weight excluding hydrogens is 845 g/mol. The molecule has 0 aromatic heterocycles.